The third kappa shape index (κ3) is 2.74. The van der Waals surface area contributed by atoms with Crippen molar-refractivity contribution in [3.05, 3.63) is 11.6 Å². The smallest absolute Gasteiger partial charge is 0.0941 e. The second kappa shape index (κ2) is 4.16. The summed E-state index contributed by atoms with van der Waals surface area (Å²) in [6.07, 6.45) is 6.70. The largest absolute Gasteiger partial charge is 0.387 e. The third-order valence-corrected chi connectivity index (χ3v) is 1.91. The van der Waals surface area contributed by atoms with Crippen molar-refractivity contribution in [2.75, 3.05) is 6.54 Å². The van der Waals surface area contributed by atoms with E-state index in [0.29, 0.717) is 0 Å². The number of nitrogens with zero attached hydrogens (tertiary/aromatic N) is 1. The lowest BCUT2D eigenvalue weighted by atomic mass is 10.1. The summed E-state index contributed by atoms with van der Waals surface area (Å²) in [4.78, 5) is 4.25. The molecule has 11 heavy (non-hydrogen) atoms. The highest BCUT2D eigenvalue weighted by molar-refractivity contribution is 5.80. The number of aliphatic imine (C=N–C) groups is 1. The standard InChI is InChI=1S/C9H16N2/c1-2-4-8-5-3-6-9(10)11-7-8/h4H,2-3,5-7H2,1H3,(H2,10,11). The van der Waals surface area contributed by atoms with E-state index in [1.807, 2.05) is 0 Å². The Morgan fingerprint density at radius 1 is 1.55 bits per heavy atom. The molecule has 1 heterocycles. The van der Waals surface area contributed by atoms with Crippen LogP contribution in [0.2, 0.25) is 0 Å². The lowest BCUT2D eigenvalue weighted by Crippen LogP contribution is -2.09. The summed E-state index contributed by atoms with van der Waals surface area (Å²) < 4.78 is 0. The summed E-state index contributed by atoms with van der Waals surface area (Å²) >= 11 is 0. The van der Waals surface area contributed by atoms with Gasteiger partial charge in [-0.3, -0.25) is 4.99 Å². The zero-order valence-corrected chi connectivity index (χ0v) is 7.14. The van der Waals surface area contributed by atoms with Gasteiger partial charge in [0.1, 0.15) is 0 Å². The van der Waals surface area contributed by atoms with Crippen molar-refractivity contribution >= 4 is 5.84 Å². The lowest BCUT2D eigenvalue weighted by molar-refractivity contribution is 0.852. The number of rotatable bonds is 1. The molecule has 0 bridgehead atoms. The SMILES string of the molecule is CCC=C1CCCC(N)=NC1. The Balaban J connectivity index is 2.53. The van der Waals surface area contributed by atoms with Gasteiger partial charge in [0.15, 0.2) is 0 Å². The van der Waals surface area contributed by atoms with Crippen LogP contribution >= 0.6 is 0 Å². The van der Waals surface area contributed by atoms with E-state index in [1.54, 1.807) is 0 Å². The predicted octanol–water partition coefficient (Wildman–Crippen LogP) is 1.86. The van der Waals surface area contributed by atoms with Gasteiger partial charge in [0, 0.05) is 6.42 Å². The molecule has 0 fully saturated rings. The van der Waals surface area contributed by atoms with Crippen LogP contribution in [0.25, 0.3) is 0 Å². The molecule has 2 N–H and O–H groups in total. The third-order valence-electron chi connectivity index (χ3n) is 1.91. The molecule has 0 aromatic carbocycles. The van der Waals surface area contributed by atoms with Crippen molar-refractivity contribution in [2.24, 2.45) is 10.7 Å². The van der Waals surface area contributed by atoms with Gasteiger partial charge >= 0.3 is 0 Å². The zero-order valence-electron chi connectivity index (χ0n) is 7.14. The van der Waals surface area contributed by atoms with E-state index in [9.17, 15) is 0 Å². The maximum Gasteiger partial charge on any atom is 0.0941 e. The molecule has 1 rings (SSSR count). The molecule has 0 atom stereocenters. The summed E-state index contributed by atoms with van der Waals surface area (Å²) in [6, 6.07) is 0. The maximum atomic E-state index is 5.62. The minimum absolute atomic E-state index is 0.824. The molecule has 0 unspecified atom stereocenters. The Labute approximate surface area is 68.2 Å². The van der Waals surface area contributed by atoms with E-state index in [0.717, 1.165) is 25.2 Å². The summed E-state index contributed by atoms with van der Waals surface area (Å²) in [6.45, 7) is 2.99. The van der Waals surface area contributed by atoms with E-state index < -0.39 is 0 Å². The number of allylic oxidation sites excluding steroid dienone is 1. The van der Waals surface area contributed by atoms with E-state index in [1.165, 1.54) is 18.4 Å². The van der Waals surface area contributed by atoms with Crippen molar-refractivity contribution in [1.82, 2.24) is 0 Å². The van der Waals surface area contributed by atoms with Crippen LogP contribution in [0.1, 0.15) is 32.6 Å². The van der Waals surface area contributed by atoms with E-state index in [2.05, 4.69) is 18.0 Å². The molecule has 2 heteroatoms. The molecule has 0 saturated heterocycles. The fourth-order valence-electron chi connectivity index (χ4n) is 1.31. The molecule has 1 aliphatic rings. The highest BCUT2D eigenvalue weighted by atomic mass is 14.8. The molecular formula is C9H16N2. The molecule has 0 aliphatic carbocycles. The fraction of sp³-hybridized carbons (Fsp3) is 0.667. The van der Waals surface area contributed by atoms with Gasteiger partial charge in [0.25, 0.3) is 0 Å². The molecule has 0 radical (unpaired) electrons. The Morgan fingerprint density at radius 2 is 2.36 bits per heavy atom. The van der Waals surface area contributed by atoms with Crippen LogP contribution in [0.3, 0.4) is 0 Å². The molecule has 0 aromatic heterocycles. The average Bonchev–Trinajstić information content (AvgIpc) is 2.17. The van der Waals surface area contributed by atoms with Crippen molar-refractivity contribution in [3.63, 3.8) is 0 Å². The van der Waals surface area contributed by atoms with Gasteiger partial charge in [-0.25, -0.2) is 0 Å². The highest BCUT2D eigenvalue weighted by Gasteiger charge is 2.03. The molecule has 2 nitrogen and oxygen atoms in total. The summed E-state index contributed by atoms with van der Waals surface area (Å²) in [7, 11) is 0. The fourth-order valence-corrected chi connectivity index (χ4v) is 1.31. The normalized spacial score (nSPS) is 23.0. The van der Waals surface area contributed by atoms with Crippen molar-refractivity contribution in [3.8, 4) is 0 Å². The van der Waals surface area contributed by atoms with Crippen LogP contribution in [0, 0.1) is 0 Å². The number of hydrogen-bond acceptors (Lipinski definition) is 2. The zero-order chi connectivity index (χ0) is 8.10. The van der Waals surface area contributed by atoms with E-state index in [-0.39, 0.29) is 0 Å². The first kappa shape index (κ1) is 8.31. The Bertz CT molecular complexity index is 180. The quantitative estimate of drug-likeness (QED) is 0.572. The Kier molecular flexibility index (Phi) is 3.14. The number of hydrogen-bond donors (Lipinski definition) is 1. The molecular weight excluding hydrogens is 136 g/mol. The summed E-state index contributed by atoms with van der Waals surface area (Å²) in [5.41, 5.74) is 7.07. The van der Waals surface area contributed by atoms with Crippen LogP contribution < -0.4 is 5.73 Å². The second-order valence-corrected chi connectivity index (χ2v) is 2.93. The molecule has 0 aromatic rings. The molecule has 0 amide bonds. The van der Waals surface area contributed by atoms with Gasteiger partial charge in [-0.1, -0.05) is 18.6 Å². The summed E-state index contributed by atoms with van der Waals surface area (Å²) in [5, 5.41) is 0. The first-order valence-electron chi connectivity index (χ1n) is 4.29. The lowest BCUT2D eigenvalue weighted by Gasteiger charge is -1.97. The van der Waals surface area contributed by atoms with E-state index in [4.69, 9.17) is 5.73 Å². The van der Waals surface area contributed by atoms with E-state index >= 15 is 0 Å². The van der Waals surface area contributed by atoms with Gasteiger partial charge in [-0.2, -0.15) is 0 Å². The van der Waals surface area contributed by atoms with Crippen molar-refractivity contribution in [2.45, 2.75) is 32.6 Å². The van der Waals surface area contributed by atoms with Gasteiger partial charge in [0.05, 0.1) is 12.4 Å². The second-order valence-electron chi connectivity index (χ2n) is 2.93. The molecule has 0 spiro atoms. The van der Waals surface area contributed by atoms with Crippen LogP contribution in [0.4, 0.5) is 0 Å². The highest BCUT2D eigenvalue weighted by Crippen LogP contribution is 2.12. The van der Waals surface area contributed by atoms with Crippen molar-refractivity contribution in [1.29, 1.82) is 0 Å². The van der Waals surface area contributed by atoms with Gasteiger partial charge in [-0.05, 0) is 19.3 Å². The van der Waals surface area contributed by atoms with Crippen LogP contribution in [-0.4, -0.2) is 12.4 Å². The van der Waals surface area contributed by atoms with Crippen LogP contribution in [0.5, 0.6) is 0 Å². The molecule has 0 saturated carbocycles. The van der Waals surface area contributed by atoms with Gasteiger partial charge in [-0.15, -0.1) is 0 Å². The first-order valence-corrected chi connectivity index (χ1v) is 4.29. The van der Waals surface area contributed by atoms with Crippen molar-refractivity contribution < 1.29 is 0 Å². The number of nitrogens with two attached hydrogens (primary N) is 1. The minimum Gasteiger partial charge on any atom is -0.387 e. The Morgan fingerprint density at radius 3 is 3.09 bits per heavy atom. The average molecular weight is 152 g/mol. The van der Waals surface area contributed by atoms with Gasteiger partial charge < -0.3 is 5.73 Å². The Hall–Kier alpha value is -0.790. The minimum atomic E-state index is 0.824. The monoisotopic (exact) mass is 152 g/mol. The topological polar surface area (TPSA) is 38.4 Å². The summed E-state index contributed by atoms with van der Waals surface area (Å²) in [5.74, 6) is 0.824. The predicted molar refractivity (Wildman–Crippen MR) is 48.7 cm³/mol. The number of amidine groups is 1. The van der Waals surface area contributed by atoms with Gasteiger partial charge in [0.2, 0.25) is 0 Å². The maximum absolute atomic E-state index is 5.62. The first-order chi connectivity index (χ1) is 5.33. The van der Waals surface area contributed by atoms with Crippen LogP contribution in [-0.2, 0) is 0 Å². The molecule has 62 valence electrons. The van der Waals surface area contributed by atoms with Crippen LogP contribution in [0.15, 0.2) is 16.6 Å². The molecule has 1 aliphatic heterocycles.